The second-order valence-electron chi connectivity index (χ2n) is 3.54. The minimum Gasteiger partial charge on any atom is -0.490 e. The molecule has 0 saturated carbocycles. The molecule has 0 aliphatic heterocycles. The Balaban J connectivity index is 2.44. The van der Waals surface area contributed by atoms with Crippen LogP contribution in [0.1, 0.15) is 12.5 Å². The Morgan fingerprint density at radius 1 is 1.32 bits per heavy atom. The van der Waals surface area contributed by atoms with Crippen LogP contribution in [0, 0.1) is 0 Å². The van der Waals surface area contributed by atoms with Crippen LogP contribution in [-0.2, 0) is 15.7 Å². The highest BCUT2D eigenvalue weighted by Gasteiger charge is 2.30. The van der Waals surface area contributed by atoms with E-state index < -0.39 is 17.7 Å². The quantitative estimate of drug-likeness (QED) is 0.470. The van der Waals surface area contributed by atoms with Crippen LogP contribution in [0.15, 0.2) is 36.4 Å². The topological polar surface area (TPSA) is 35.5 Å². The number of hydrogen-bond acceptors (Lipinski definition) is 3. The highest BCUT2D eigenvalue weighted by atomic mass is 19.4. The number of rotatable bonds is 5. The van der Waals surface area contributed by atoms with E-state index in [4.69, 9.17) is 9.47 Å². The molecule has 0 saturated heterocycles. The number of halogens is 3. The van der Waals surface area contributed by atoms with Crippen molar-refractivity contribution >= 4 is 5.97 Å². The molecular formula is C13H13F3O3. The lowest BCUT2D eigenvalue weighted by molar-refractivity contribution is -0.138. The molecule has 0 bridgehead atoms. The molecule has 0 aliphatic rings. The van der Waals surface area contributed by atoms with E-state index in [1.165, 1.54) is 24.3 Å². The average molecular weight is 274 g/mol. The molecule has 0 atom stereocenters. The van der Waals surface area contributed by atoms with E-state index in [1.54, 1.807) is 6.92 Å². The molecule has 0 aromatic heterocycles. The number of carbonyl (C=O) groups excluding carboxylic acids is 1. The van der Waals surface area contributed by atoms with Crippen molar-refractivity contribution < 1.29 is 27.4 Å². The maximum absolute atomic E-state index is 12.4. The van der Waals surface area contributed by atoms with Crippen LogP contribution in [0.4, 0.5) is 13.2 Å². The third-order valence-corrected chi connectivity index (χ3v) is 2.06. The largest absolute Gasteiger partial charge is 0.490 e. The van der Waals surface area contributed by atoms with Gasteiger partial charge in [0.2, 0.25) is 0 Å². The van der Waals surface area contributed by atoms with E-state index >= 15 is 0 Å². The van der Waals surface area contributed by atoms with Crippen molar-refractivity contribution in [2.24, 2.45) is 0 Å². The Bertz CT molecular complexity index is 453. The molecule has 3 nitrogen and oxygen atoms in total. The van der Waals surface area contributed by atoms with Crippen molar-refractivity contribution in [1.82, 2.24) is 0 Å². The summed E-state index contributed by atoms with van der Waals surface area (Å²) in [7, 11) is 0. The summed E-state index contributed by atoms with van der Waals surface area (Å²) in [6.07, 6.45) is -1.64. The van der Waals surface area contributed by atoms with Gasteiger partial charge in [-0.25, -0.2) is 4.79 Å². The summed E-state index contributed by atoms with van der Waals surface area (Å²) in [6, 6.07) is 4.51. The molecule has 0 spiro atoms. The number of hydrogen-bond donors (Lipinski definition) is 0. The molecule has 0 unspecified atom stereocenters. The molecule has 104 valence electrons. The van der Waals surface area contributed by atoms with Crippen LogP contribution in [0.3, 0.4) is 0 Å². The van der Waals surface area contributed by atoms with Gasteiger partial charge in [-0.3, -0.25) is 0 Å². The molecule has 1 aromatic rings. The third kappa shape index (κ3) is 5.46. The molecule has 0 heterocycles. The fraction of sp³-hybridized carbons (Fsp3) is 0.308. The summed E-state index contributed by atoms with van der Waals surface area (Å²) in [5.74, 6) is -0.438. The SMILES string of the molecule is C/C=C/C(=O)OCCOc1cccc(C(F)(F)F)c1. The Morgan fingerprint density at radius 2 is 2.05 bits per heavy atom. The fourth-order valence-electron chi connectivity index (χ4n) is 1.25. The average Bonchev–Trinajstić information content (AvgIpc) is 2.34. The van der Waals surface area contributed by atoms with Crippen molar-refractivity contribution in [3.63, 3.8) is 0 Å². The first kappa shape index (κ1) is 15.1. The van der Waals surface area contributed by atoms with E-state index in [9.17, 15) is 18.0 Å². The van der Waals surface area contributed by atoms with Crippen LogP contribution in [0.5, 0.6) is 5.75 Å². The lowest BCUT2D eigenvalue weighted by atomic mass is 10.2. The molecule has 1 aromatic carbocycles. The zero-order valence-electron chi connectivity index (χ0n) is 10.2. The van der Waals surface area contributed by atoms with E-state index in [2.05, 4.69) is 0 Å². The van der Waals surface area contributed by atoms with Crippen molar-refractivity contribution in [3.8, 4) is 5.75 Å². The highest BCUT2D eigenvalue weighted by molar-refractivity contribution is 5.81. The first-order valence-electron chi connectivity index (χ1n) is 5.53. The molecule has 0 fully saturated rings. The van der Waals surface area contributed by atoms with Gasteiger partial charge in [-0.2, -0.15) is 13.2 Å². The molecule has 0 aliphatic carbocycles. The molecule has 0 amide bonds. The lowest BCUT2D eigenvalue weighted by Crippen LogP contribution is -2.11. The van der Waals surface area contributed by atoms with Gasteiger partial charge in [0.05, 0.1) is 5.56 Å². The van der Waals surface area contributed by atoms with Gasteiger partial charge in [0.1, 0.15) is 19.0 Å². The second kappa shape index (κ2) is 6.82. The smallest absolute Gasteiger partial charge is 0.416 e. The fourth-order valence-corrected chi connectivity index (χ4v) is 1.25. The zero-order chi connectivity index (χ0) is 14.3. The van der Waals surface area contributed by atoms with Gasteiger partial charge in [0.15, 0.2) is 0 Å². The number of carbonyl (C=O) groups is 1. The predicted molar refractivity (Wildman–Crippen MR) is 62.7 cm³/mol. The van der Waals surface area contributed by atoms with Crippen molar-refractivity contribution in [2.75, 3.05) is 13.2 Å². The molecule has 0 radical (unpaired) electrons. The molecule has 1 rings (SSSR count). The van der Waals surface area contributed by atoms with Crippen LogP contribution < -0.4 is 4.74 Å². The van der Waals surface area contributed by atoms with Crippen molar-refractivity contribution in [3.05, 3.63) is 42.0 Å². The Hall–Kier alpha value is -1.98. The van der Waals surface area contributed by atoms with Crippen LogP contribution in [0.25, 0.3) is 0 Å². The molecule has 19 heavy (non-hydrogen) atoms. The maximum atomic E-state index is 12.4. The van der Waals surface area contributed by atoms with E-state index in [-0.39, 0.29) is 19.0 Å². The zero-order valence-corrected chi connectivity index (χ0v) is 10.2. The van der Waals surface area contributed by atoms with Crippen LogP contribution in [0.2, 0.25) is 0 Å². The van der Waals surface area contributed by atoms with E-state index in [1.807, 2.05) is 0 Å². The maximum Gasteiger partial charge on any atom is 0.416 e. The van der Waals surface area contributed by atoms with Gasteiger partial charge < -0.3 is 9.47 Å². The summed E-state index contributed by atoms with van der Waals surface area (Å²) in [5, 5.41) is 0. The molecule has 0 N–H and O–H groups in total. The first-order chi connectivity index (χ1) is 8.93. The number of esters is 1. The van der Waals surface area contributed by atoms with Gasteiger partial charge in [-0.15, -0.1) is 0 Å². The second-order valence-corrected chi connectivity index (χ2v) is 3.54. The Morgan fingerprint density at radius 3 is 2.68 bits per heavy atom. The lowest BCUT2D eigenvalue weighted by Gasteiger charge is -2.10. The first-order valence-corrected chi connectivity index (χ1v) is 5.53. The third-order valence-electron chi connectivity index (χ3n) is 2.06. The van der Waals surface area contributed by atoms with Crippen molar-refractivity contribution in [2.45, 2.75) is 13.1 Å². The van der Waals surface area contributed by atoms with Gasteiger partial charge in [0.25, 0.3) is 0 Å². The predicted octanol–water partition coefficient (Wildman–Crippen LogP) is 3.20. The summed E-state index contributed by atoms with van der Waals surface area (Å²) in [6.45, 7) is 1.63. The van der Waals surface area contributed by atoms with Crippen LogP contribution >= 0.6 is 0 Å². The van der Waals surface area contributed by atoms with Gasteiger partial charge in [-0.1, -0.05) is 12.1 Å². The van der Waals surface area contributed by atoms with E-state index in [0.717, 1.165) is 12.1 Å². The Labute approximate surface area is 108 Å². The number of alkyl halides is 3. The summed E-state index contributed by atoms with van der Waals surface area (Å²) < 4.78 is 47.0. The molecule has 6 heteroatoms. The van der Waals surface area contributed by atoms with Crippen molar-refractivity contribution in [1.29, 1.82) is 0 Å². The summed E-state index contributed by atoms with van der Waals surface area (Å²) >= 11 is 0. The monoisotopic (exact) mass is 274 g/mol. The number of benzene rings is 1. The van der Waals surface area contributed by atoms with Crippen LogP contribution in [-0.4, -0.2) is 19.2 Å². The normalized spacial score (nSPS) is 11.6. The highest BCUT2D eigenvalue weighted by Crippen LogP contribution is 2.31. The number of ether oxygens (including phenoxy) is 2. The number of allylic oxidation sites excluding steroid dienone is 1. The van der Waals surface area contributed by atoms with E-state index in [0.29, 0.717) is 0 Å². The van der Waals surface area contributed by atoms with Gasteiger partial charge in [0, 0.05) is 6.08 Å². The molecular weight excluding hydrogens is 261 g/mol. The minimum absolute atomic E-state index is 0.00932. The van der Waals surface area contributed by atoms with Gasteiger partial charge in [-0.05, 0) is 25.1 Å². The standard InChI is InChI=1S/C13H13F3O3/c1-2-4-12(17)19-8-7-18-11-6-3-5-10(9-11)13(14,15)16/h2-6,9H,7-8H2,1H3/b4-2+. The summed E-state index contributed by atoms with van der Waals surface area (Å²) in [4.78, 5) is 10.9. The minimum atomic E-state index is -4.41. The van der Waals surface area contributed by atoms with Gasteiger partial charge >= 0.3 is 12.1 Å². The summed E-state index contributed by atoms with van der Waals surface area (Å²) in [5.41, 5.74) is -0.782. The Kier molecular flexibility index (Phi) is 5.41.